The lowest BCUT2D eigenvalue weighted by molar-refractivity contribution is 0.567. The van der Waals surface area contributed by atoms with Gasteiger partial charge in [-0.1, -0.05) is 41.7 Å². The first-order chi connectivity index (χ1) is 11.4. The van der Waals surface area contributed by atoms with Crippen LogP contribution in [-0.4, -0.2) is 13.0 Å². The van der Waals surface area contributed by atoms with Crippen molar-refractivity contribution in [3.63, 3.8) is 0 Å². The second-order valence-electron chi connectivity index (χ2n) is 5.50. The van der Waals surface area contributed by atoms with Crippen molar-refractivity contribution in [1.29, 1.82) is 0 Å². The molecule has 0 spiro atoms. The second-order valence-corrected chi connectivity index (χ2v) is 8.20. The Hall–Kier alpha value is -1.96. The van der Waals surface area contributed by atoms with E-state index in [1.165, 1.54) is 0 Å². The third kappa shape index (κ3) is 3.15. The molecule has 1 N–H and O–H groups in total. The number of aromatic nitrogens is 1. The quantitative estimate of drug-likeness (QED) is 0.758. The number of hydrogen-bond donors (Lipinski definition) is 1. The minimum absolute atomic E-state index is 0.0762. The number of nitrogens with one attached hydrogen (secondary N) is 1. The summed E-state index contributed by atoms with van der Waals surface area (Å²) in [6.07, 6.45) is 0. The Balaban J connectivity index is 1.95. The molecule has 0 radical (unpaired) electrons. The van der Waals surface area contributed by atoms with Crippen molar-refractivity contribution in [2.24, 2.45) is 0 Å². The Labute approximate surface area is 144 Å². The van der Waals surface area contributed by atoms with E-state index in [-0.39, 0.29) is 15.8 Å². The minimum atomic E-state index is -3.66. The van der Waals surface area contributed by atoms with E-state index >= 15 is 0 Å². The topological polar surface area (TPSA) is 68.2 Å². The molecule has 0 saturated heterocycles. The average molecular weight is 362 g/mol. The zero-order valence-electron chi connectivity index (χ0n) is 13.4. The molecular formula is C17H18N2O3S2. The van der Waals surface area contributed by atoms with Crippen LogP contribution in [-0.2, 0) is 16.6 Å². The van der Waals surface area contributed by atoms with Crippen LogP contribution in [0.2, 0.25) is 0 Å². The largest absolute Gasteiger partial charge is 0.308 e. The van der Waals surface area contributed by atoms with Crippen molar-refractivity contribution in [2.75, 3.05) is 0 Å². The van der Waals surface area contributed by atoms with Crippen LogP contribution >= 0.6 is 11.3 Å². The molecule has 0 aliphatic rings. The second kappa shape index (κ2) is 6.51. The van der Waals surface area contributed by atoms with Crippen molar-refractivity contribution in [2.45, 2.75) is 31.3 Å². The van der Waals surface area contributed by atoms with Gasteiger partial charge in [-0.15, -0.1) is 0 Å². The highest BCUT2D eigenvalue weighted by molar-refractivity contribution is 7.89. The van der Waals surface area contributed by atoms with Crippen LogP contribution in [0.1, 0.15) is 25.5 Å². The summed E-state index contributed by atoms with van der Waals surface area (Å²) in [4.78, 5) is 12.0. The molecule has 0 amide bonds. The van der Waals surface area contributed by atoms with Crippen LogP contribution in [0.3, 0.4) is 0 Å². The lowest BCUT2D eigenvalue weighted by atomic mass is 10.1. The molecule has 3 rings (SSSR count). The number of hydrogen-bond acceptors (Lipinski definition) is 4. The Morgan fingerprint density at radius 1 is 1.17 bits per heavy atom. The molecule has 7 heteroatoms. The van der Waals surface area contributed by atoms with Gasteiger partial charge >= 0.3 is 4.87 Å². The first-order valence-corrected chi connectivity index (χ1v) is 9.93. The molecule has 0 bridgehead atoms. The van der Waals surface area contributed by atoms with Gasteiger partial charge in [0.1, 0.15) is 0 Å². The summed E-state index contributed by atoms with van der Waals surface area (Å²) in [7, 11) is -3.66. The fourth-order valence-corrected chi connectivity index (χ4v) is 4.95. The fourth-order valence-electron chi connectivity index (χ4n) is 2.62. The van der Waals surface area contributed by atoms with Gasteiger partial charge in [-0.3, -0.25) is 9.36 Å². The molecule has 0 saturated carbocycles. The molecule has 24 heavy (non-hydrogen) atoms. The molecule has 5 nitrogen and oxygen atoms in total. The van der Waals surface area contributed by atoms with Crippen molar-refractivity contribution < 1.29 is 8.42 Å². The van der Waals surface area contributed by atoms with E-state index in [0.29, 0.717) is 11.2 Å². The van der Waals surface area contributed by atoms with Gasteiger partial charge in [0.25, 0.3) is 0 Å². The Bertz CT molecular complexity index is 1020. The molecule has 3 aromatic rings. The van der Waals surface area contributed by atoms with Gasteiger partial charge in [0, 0.05) is 12.6 Å². The molecule has 0 aliphatic carbocycles. The standard InChI is InChI=1S/C17H18N2O3S2/c1-3-19-15-10-9-14(11-16(15)23-17(19)20)24(21,22)18-12(2)13-7-5-4-6-8-13/h4-12,18H,3H2,1-2H3. The van der Waals surface area contributed by atoms with Crippen LogP contribution < -0.4 is 9.60 Å². The maximum atomic E-state index is 12.6. The highest BCUT2D eigenvalue weighted by Gasteiger charge is 2.19. The van der Waals surface area contributed by atoms with Crippen molar-refractivity contribution in [3.05, 3.63) is 63.8 Å². The molecule has 1 heterocycles. The van der Waals surface area contributed by atoms with E-state index in [9.17, 15) is 13.2 Å². The lowest BCUT2D eigenvalue weighted by Gasteiger charge is -2.14. The van der Waals surface area contributed by atoms with Gasteiger partial charge < -0.3 is 0 Å². The number of rotatable bonds is 5. The van der Waals surface area contributed by atoms with E-state index in [2.05, 4.69) is 4.72 Å². The summed E-state index contributed by atoms with van der Waals surface area (Å²) in [5.74, 6) is 0. The molecule has 1 unspecified atom stereocenters. The van der Waals surface area contributed by atoms with Crippen molar-refractivity contribution >= 4 is 31.6 Å². The van der Waals surface area contributed by atoms with Crippen LogP contribution in [0.15, 0.2) is 58.2 Å². The zero-order chi connectivity index (χ0) is 17.3. The SMILES string of the molecule is CCn1c(=O)sc2cc(S(=O)(=O)NC(C)c3ccccc3)ccc21. The predicted octanol–water partition coefficient (Wildman–Crippen LogP) is 3.12. The summed E-state index contributed by atoms with van der Waals surface area (Å²) < 4.78 is 30.3. The number of sulfonamides is 1. The summed E-state index contributed by atoms with van der Waals surface area (Å²) in [5.41, 5.74) is 1.66. The third-order valence-electron chi connectivity index (χ3n) is 3.90. The number of thiazole rings is 1. The van der Waals surface area contributed by atoms with Gasteiger partial charge in [0.05, 0.1) is 15.1 Å². The molecule has 1 aromatic heterocycles. The summed E-state index contributed by atoms with van der Waals surface area (Å²) >= 11 is 1.06. The summed E-state index contributed by atoms with van der Waals surface area (Å²) in [5, 5.41) is 0. The van der Waals surface area contributed by atoms with Gasteiger partial charge in [-0.25, -0.2) is 13.1 Å². The highest BCUT2D eigenvalue weighted by Crippen LogP contribution is 2.23. The summed E-state index contributed by atoms with van der Waals surface area (Å²) in [6, 6.07) is 13.8. The number of benzene rings is 2. The number of aryl methyl sites for hydroxylation is 1. The Morgan fingerprint density at radius 3 is 2.54 bits per heavy atom. The fraction of sp³-hybridized carbons (Fsp3) is 0.235. The molecule has 0 aliphatic heterocycles. The third-order valence-corrected chi connectivity index (χ3v) is 6.38. The van der Waals surface area contributed by atoms with E-state index in [4.69, 9.17) is 0 Å². The zero-order valence-corrected chi connectivity index (χ0v) is 15.0. The minimum Gasteiger partial charge on any atom is -0.299 e. The van der Waals surface area contributed by atoms with Crippen LogP contribution in [0.5, 0.6) is 0 Å². The first kappa shape index (κ1) is 16.9. The molecule has 1 atom stereocenters. The summed E-state index contributed by atoms with van der Waals surface area (Å²) in [6.45, 7) is 4.26. The van der Waals surface area contributed by atoms with Gasteiger partial charge in [0.15, 0.2) is 0 Å². The molecule has 2 aromatic carbocycles. The Kier molecular flexibility index (Phi) is 4.58. The van der Waals surface area contributed by atoms with Gasteiger partial charge in [-0.2, -0.15) is 0 Å². The molecule has 126 valence electrons. The van der Waals surface area contributed by atoms with E-state index < -0.39 is 10.0 Å². The van der Waals surface area contributed by atoms with E-state index in [1.807, 2.05) is 37.3 Å². The average Bonchev–Trinajstić information content (AvgIpc) is 2.89. The monoisotopic (exact) mass is 362 g/mol. The van der Waals surface area contributed by atoms with Gasteiger partial charge in [0.2, 0.25) is 10.0 Å². The predicted molar refractivity (Wildman–Crippen MR) is 96.9 cm³/mol. The first-order valence-electron chi connectivity index (χ1n) is 7.63. The van der Waals surface area contributed by atoms with E-state index in [1.54, 1.807) is 29.7 Å². The molecular weight excluding hydrogens is 344 g/mol. The van der Waals surface area contributed by atoms with Gasteiger partial charge in [-0.05, 0) is 37.6 Å². The lowest BCUT2D eigenvalue weighted by Crippen LogP contribution is -2.26. The number of fused-ring (bicyclic) bond motifs is 1. The maximum Gasteiger partial charge on any atom is 0.308 e. The van der Waals surface area contributed by atoms with Crippen molar-refractivity contribution in [3.8, 4) is 0 Å². The van der Waals surface area contributed by atoms with Crippen molar-refractivity contribution in [1.82, 2.24) is 9.29 Å². The maximum absolute atomic E-state index is 12.6. The number of nitrogens with zero attached hydrogens (tertiary/aromatic N) is 1. The van der Waals surface area contributed by atoms with Crippen LogP contribution in [0, 0.1) is 0 Å². The van der Waals surface area contributed by atoms with Crippen LogP contribution in [0.4, 0.5) is 0 Å². The van der Waals surface area contributed by atoms with Crippen LogP contribution in [0.25, 0.3) is 10.2 Å². The smallest absolute Gasteiger partial charge is 0.299 e. The highest BCUT2D eigenvalue weighted by atomic mass is 32.2. The van der Waals surface area contributed by atoms with E-state index in [0.717, 1.165) is 22.4 Å². The normalized spacial score (nSPS) is 13.2. The Morgan fingerprint density at radius 2 is 1.88 bits per heavy atom. The molecule has 0 fully saturated rings.